The standard InChI is InChI=1S/C15H12N4S/c16-7-9-19(10-8-17)15(20)18-14-6-5-12-3-1-2-4-13(12)11-14/h1-6,11H,9-10H2,(H,18,20). The molecule has 2 aromatic carbocycles. The number of fused-ring (bicyclic) bond motifs is 1. The molecule has 0 spiro atoms. The summed E-state index contributed by atoms with van der Waals surface area (Å²) in [6, 6.07) is 17.9. The van der Waals surface area contributed by atoms with Gasteiger partial charge in [-0.2, -0.15) is 10.5 Å². The van der Waals surface area contributed by atoms with Gasteiger partial charge in [0.15, 0.2) is 5.11 Å². The summed E-state index contributed by atoms with van der Waals surface area (Å²) in [6.07, 6.45) is 0. The van der Waals surface area contributed by atoms with Gasteiger partial charge in [-0.25, -0.2) is 0 Å². The van der Waals surface area contributed by atoms with Gasteiger partial charge in [-0.15, -0.1) is 0 Å². The zero-order valence-corrected chi connectivity index (χ0v) is 11.5. The maximum absolute atomic E-state index is 8.73. The van der Waals surface area contributed by atoms with Crippen molar-refractivity contribution in [2.45, 2.75) is 0 Å². The van der Waals surface area contributed by atoms with Crippen LogP contribution in [0.4, 0.5) is 5.69 Å². The van der Waals surface area contributed by atoms with Gasteiger partial charge in [0.25, 0.3) is 0 Å². The summed E-state index contributed by atoms with van der Waals surface area (Å²) in [5, 5.41) is 23.2. The molecule has 20 heavy (non-hydrogen) atoms. The molecule has 0 fully saturated rings. The Bertz CT molecular complexity index is 696. The first-order valence-corrected chi connectivity index (χ1v) is 6.44. The lowest BCUT2D eigenvalue weighted by molar-refractivity contribution is 0.532. The summed E-state index contributed by atoms with van der Waals surface area (Å²) in [7, 11) is 0. The minimum absolute atomic E-state index is 0.0903. The average Bonchev–Trinajstić information content (AvgIpc) is 2.47. The van der Waals surface area contributed by atoms with Gasteiger partial charge in [0, 0.05) is 5.69 Å². The monoisotopic (exact) mass is 280 g/mol. The second-order valence-electron chi connectivity index (χ2n) is 4.16. The normalized spacial score (nSPS) is 9.50. The summed E-state index contributed by atoms with van der Waals surface area (Å²) in [6.45, 7) is 0.181. The van der Waals surface area contributed by atoms with Crippen LogP contribution in [0.25, 0.3) is 10.8 Å². The predicted molar refractivity (Wildman–Crippen MR) is 83.0 cm³/mol. The molecule has 0 saturated carbocycles. The van der Waals surface area contributed by atoms with Gasteiger partial charge in [-0.3, -0.25) is 0 Å². The summed E-state index contributed by atoms with van der Waals surface area (Å²) in [5.74, 6) is 0. The van der Waals surface area contributed by atoms with Gasteiger partial charge in [0.05, 0.1) is 12.1 Å². The van der Waals surface area contributed by atoms with Crippen LogP contribution in [0.2, 0.25) is 0 Å². The molecule has 2 rings (SSSR count). The van der Waals surface area contributed by atoms with Crippen molar-refractivity contribution in [1.29, 1.82) is 10.5 Å². The molecule has 0 aliphatic rings. The first kappa shape index (κ1) is 13.8. The van der Waals surface area contributed by atoms with E-state index < -0.39 is 0 Å². The van der Waals surface area contributed by atoms with E-state index in [9.17, 15) is 0 Å². The number of hydrogen-bond donors (Lipinski definition) is 1. The third-order valence-corrected chi connectivity index (χ3v) is 3.17. The van der Waals surface area contributed by atoms with Crippen LogP contribution in [0, 0.1) is 22.7 Å². The molecule has 0 amide bonds. The molecule has 0 aromatic heterocycles. The summed E-state index contributed by atoms with van der Waals surface area (Å²) in [5.41, 5.74) is 0.842. The first-order chi connectivity index (χ1) is 9.74. The molecule has 0 atom stereocenters. The van der Waals surface area contributed by atoms with Gasteiger partial charge in [-0.1, -0.05) is 30.3 Å². The van der Waals surface area contributed by atoms with Crippen molar-refractivity contribution < 1.29 is 0 Å². The highest BCUT2D eigenvalue weighted by Crippen LogP contribution is 2.19. The predicted octanol–water partition coefficient (Wildman–Crippen LogP) is 2.89. The van der Waals surface area contributed by atoms with Crippen LogP contribution in [0.1, 0.15) is 0 Å². The van der Waals surface area contributed by atoms with E-state index in [0.29, 0.717) is 5.11 Å². The van der Waals surface area contributed by atoms with E-state index in [-0.39, 0.29) is 13.1 Å². The maximum Gasteiger partial charge on any atom is 0.175 e. The third kappa shape index (κ3) is 3.23. The molecule has 0 aliphatic heterocycles. The Hall–Kier alpha value is -2.63. The Kier molecular flexibility index (Phi) is 4.49. The minimum Gasteiger partial charge on any atom is -0.333 e. The van der Waals surface area contributed by atoms with E-state index in [4.69, 9.17) is 22.7 Å². The fourth-order valence-electron chi connectivity index (χ4n) is 1.84. The Morgan fingerprint density at radius 3 is 2.35 bits per heavy atom. The van der Waals surface area contributed by atoms with Crippen molar-refractivity contribution >= 4 is 33.8 Å². The van der Waals surface area contributed by atoms with E-state index >= 15 is 0 Å². The zero-order valence-electron chi connectivity index (χ0n) is 10.7. The molecule has 4 nitrogen and oxygen atoms in total. The molecule has 1 N–H and O–H groups in total. The van der Waals surface area contributed by atoms with Crippen molar-refractivity contribution in [3.63, 3.8) is 0 Å². The molecule has 0 bridgehead atoms. The quantitative estimate of drug-likeness (QED) is 0.692. The van der Waals surface area contributed by atoms with Crippen molar-refractivity contribution in [3.8, 4) is 12.1 Å². The number of nitriles is 2. The lowest BCUT2D eigenvalue weighted by atomic mass is 10.1. The molecule has 2 aromatic rings. The van der Waals surface area contributed by atoms with Gasteiger partial charge < -0.3 is 10.2 Å². The fourth-order valence-corrected chi connectivity index (χ4v) is 2.09. The summed E-state index contributed by atoms with van der Waals surface area (Å²) >= 11 is 5.22. The second kappa shape index (κ2) is 6.51. The van der Waals surface area contributed by atoms with Crippen LogP contribution in [0.15, 0.2) is 42.5 Å². The van der Waals surface area contributed by atoms with E-state index in [0.717, 1.165) is 16.5 Å². The Labute approximate surface area is 122 Å². The van der Waals surface area contributed by atoms with Crippen LogP contribution in [-0.2, 0) is 0 Å². The van der Waals surface area contributed by atoms with Crippen LogP contribution >= 0.6 is 12.2 Å². The topological polar surface area (TPSA) is 62.9 Å². The van der Waals surface area contributed by atoms with E-state index in [1.165, 1.54) is 4.90 Å². The molecule has 0 unspecified atom stereocenters. The van der Waals surface area contributed by atoms with Gasteiger partial charge in [0.2, 0.25) is 0 Å². The molecule has 98 valence electrons. The third-order valence-electron chi connectivity index (χ3n) is 2.81. The second-order valence-corrected chi connectivity index (χ2v) is 4.55. The number of anilines is 1. The number of thiocarbonyl (C=S) groups is 1. The van der Waals surface area contributed by atoms with Crippen molar-refractivity contribution in [2.75, 3.05) is 18.4 Å². The van der Waals surface area contributed by atoms with Crippen molar-refractivity contribution in [3.05, 3.63) is 42.5 Å². The molecule has 0 saturated heterocycles. The lowest BCUT2D eigenvalue weighted by Gasteiger charge is -2.20. The van der Waals surface area contributed by atoms with E-state index in [1.54, 1.807) is 0 Å². The van der Waals surface area contributed by atoms with Crippen LogP contribution < -0.4 is 5.32 Å². The molecule has 5 heteroatoms. The SMILES string of the molecule is N#CCN(CC#N)C(=S)Nc1ccc2ccccc2c1. The number of rotatable bonds is 3. The highest BCUT2D eigenvalue weighted by molar-refractivity contribution is 7.80. The highest BCUT2D eigenvalue weighted by Gasteiger charge is 2.08. The minimum atomic E-state index is 0.0903. The largest absolute Gasteiger partial charge is 0.333 e. The molecule has 0 heterocycles. The smallest absolute Gasteiger partial charge is 0.175 e. The molecular weight excluding hydrogens is 268 g/mol. The van der Waals surface area contributed by atoms with Crippen molar-refractivity contribution in [2.24, 2.45) is 0 Å². The molecule has 0 aliphatic carbocycles. The first-order valence-electron chi connectivity index (χ1n) is 6.03. The van der Waals surface area contributed by atoms with Crippen LogP contribution in [0.3, 0.4) is 0 Å². The number of hydrogen-bond acceptors (Lipinski definition) is 3. The van der Waals surface area contributed by atoms with Gasteiger partial charge >= 0.3 is 0 Å². The number of benzene rings is 2. The van der Waals surface area contributed by atoms with E-state index in [1.807, 2.05) is 54.6 Å². The van der Waals surface area contributed by atoms with Gasteiger partial charge in [-0.05, 0) is 35.1 Å². The highest BCUT2D eigenvalue weighted by atomic mass is 32.1. The summed E-state index contributed by atoms with van der Waals surface area (Å²) in [4.78, 5) is 1.52. The van der Waals surface area contributed by atoms with Crippen LogP contribution in [0.5, 0.6) is 0 Å². The number of nitrogens with one attached hydrogen (secondary N) is 1. The zero-order chi connectivity index (χ0) is 14.4. The average molecular weight is 280 g/mol. The maximum atomic E-state index is 8.73. The Morgan fingerprint density at radius 1 is 1.05 bits per heavy atom. The summed E-state index contributed by atoms with van der Waals surface area (Å²) < 4.78 is 0. The van der Waals surface area contributed by atoms with E-state index in [2.05, 4.69) is 5.32 Å². The Morgan fingerprint density at radius 2 is 1.70 bits per heavy atom. The number of nitrogens with zero attached hydrogens (tertiary/aromatic N) is 3. The lowest BCUT2D eigenvalue weighted by Crippen LogP contribution is -2.35. The van der Waals surface area contributed by atoms with Crippen LogP contribution in [-0.4, -0.2) is 23.1 Å². The molecule has 0 radical (unpaired) electrons. The fraction of sp³-hybridized carbons (Fsp3) is 0.133. The Balaban J connectivity index is 2.17. The van der Waals surface area contributed by atoms with Crippen molar-refractivity contribution in [1.82, 2.24) is 4.90 Å². The molecular formula is C15H12N4S. The van der Waals surface area contributed by atoms with Gasteiger partial charge in [0.1, 0.15) is 13.1 Å².